The lowest BCUT2D eigenvalue weighted by molar-refractivity contribution is 0.580. The van der Waals surface area contributed by atoms with Crippen molar-refractivity contribution >= 4 is 26.4 Å². The van der Waals surface area contributed by atoms with Crippen molar-refractivity contribution in [2.45, 2.75) is 44.9 Å². The fourth-order valence-corrected chi connectivity index (χ4v) is 4.97. The molecule has 0 aliphatic rings. The van der Waals surface area contributed by atoms with E-state index >= 15 is 0 Å². The van der Waals surface area contributed by atoms with Gasteiger partial charge in [0.2, 0.25) is 10.0 Å². The molecule has 0 saturated carbocycles. The molecule has 2 aromatic carbocycles. The average molecular weight is 424 g/mol. The third kappa shape index (κ3) is 3.57. The molecule has 156 valence electrons. The summed E-state index contributed by atoms with van der Waals surface area (Å²) in [6.45, 7) is 6.23. The first-order valence-electron chi connectivity index (χ1n) is 10.2. The SMILES string of the molecule is CCCNS(=O)(=O)c1cc(-c2nn3c(CCC)nnc3c3ccccc23)ccc1C. The number of hydrogen-bond acceptors (Lipinski definition) is 5. The number of nitrogens with one attached hydrogen (secondary N) is 1. The molecule has 0 amide bonds. The first kappa shape index (κ1) is 20.4. The minimum atomic E-state index is -3.59. The van der Waals surface area contributed by atoms with Crippen LogP contribution in [-0.2, 0) is 16.4 Å². The van der Waals surface area contributed by atoms with Crippen molar-refractivity contribution < 1.29 is 8.42 Å². The van der Waals surface area contributed by atoms with Crippen LogP contribution in [0.1, 0.15) is 38.1 Å². The van der Waals surface area contributed by atoms with E-state index in [1.165, 1.54) is 0 Å². The highest BCUT2D eigenvalue weighted by Gasteiger charge is 2.20. The highest BCUT2D eigenvalue weighted by Crippen LogP contribution is 2.31. The third-order valence-corrected chi connectivity index (χ3v) is 6.70. The number of aromatic nitrogens is 4. The van der Waals surface area contributed by atoms with E-state index in [4.69, 9.17) is 5.10 Å². The quantitative estimate of drug-likeness (QED) is 0.487. The molecule has 7 nitrogen and oxygen atoms in total. The standard InChI is InChI=1S/C22H25N5O2S/c1-4-8-20-24-25-22-18-10-7-6-9-17(18)21(26-27(20)22)16-12-11-15(3)19(14-16)30(28,29)23-13-5-2/h6-7,9-12,14,23H,4-5,8,13H2,1-3H3. The molecule has 4 rings (SSSR count). The molecule has 0 atom stereocenters. The molecule has 0 aliphatic heterocycles. The zero-order chi connectivity index (χ0) is 21.3. The Balaban J connectivity index is 1.97. The number of nitrogens with zero attached hydrogens (tertiary/aromatic N) is 4. The summed E-state index contributed by atoms with van der Waals surface area (Å²) in [6, 6.07) is 13.3. The lowest BCUT2D eigenvalue weighted by Gasteiger charge is -2.12. The smallest absolute Gasteiger partial charge is 0.211 e. The molecular weight excluding hydrogens is 398 g/mol. The molecule has 2 aromatic heterocycles. The number of hydrogen-bond donors (Lipinski definition) is 1. The summed E-state index contributed by atoms with van der Waals surface area (Å²) in [5.74, 6) is 0.795. The van der Waals surface area contributed by atoms with Crippen LogP contribution in [0.25, 0.3) is 27.7 Å². The summed E-state index contributed by atoms with van der Waals surface area (Å²) in [5, 5.41) is 15.4. The molecule has 0 aliphatic carbocycles. The Kier molecular flexibility index (Phi) is 5.53. The normalized spacial score (nSPS) is 12.1. The predicted molar refractivity (Wildman–Crippen MR) is 118 cm³/mol. The summed E-state index contributed by atoms with van der Waals surface area (Å²) in [4.78, 5) is 0.275. The fraction of sp³-hybridized carbons (Fsp3) is 0.318. The third-order valence-electron chi connectivity index (χ3n) is 5.10. The topological polar surface area (TPSA) is 89.2 Å². The van der Waals surface area contributed by atoms with Gasteiger partial charge in [-0.25, -0.2) is 13.1 Å². The van der Waals surface area contributed by atoms with Gasteiger partial charge in [-0.3, -0.25) is 0 Å². The van der Waals surface area contributed by atoms with Crippen molar-refractivity contribution in [1.29, 1.82) is 0 Å². The highest BCUT2D eigenvalue weighted by molar-refractivity contribution is 7.89. The second-order valence-electron chi connectivity index (χ2n) is 7.37. The van der Waals surface area contributed by atoms with E-state index in [-0.39, 0.29) is 4.90 Å². The van der Waals surface area contributed by atoms with Crippen LogP contribution >= 0.6 is 0 Å². The minimum absolute atomic E-state index is 0.275. The van der Waals surface area contributed by atoms with Gasteiger partial charge in [-0.2, -0.15) is 9.61 Å². The van der Waals surface area contributed by atoms with Crippen LogP contribution in [-0.4, -0.2) is 34.8 Å². The highest BCUT2D eigenvalue weighted by atomic mass is 32.2. The van der Waals surface area contributed by atoms with E-state index in [0.717, 1.165) is 41.4 Å². The molecule has 0 fully saturated rings. The van der Waals surface area contributed by atoms with Gasteiger partial charge in [0, 0.05) is 29.3 Å². The van der Waals surface area contributed by atoms with Gasteiger partial charge in [0.05, 0.1) is 10.6 Å². The molecule has 30 heavy (non-hydrogen) atoms. The first-order chi connectivity index (χ1) is 14.5. The Morgan fingerprint density at radius 3 is 2.50 bits per heavy atom. The van der Waals surface area contributed by atoms with Gasteiger partial charge < -0.3 is 0 Å². The van der Waals surface area contributed by atoms with Gasteiger partial charge >= 0.3 is 0 Å². The molecular formula is C22H25N5O2S. The van der Waals surface area contributed by atoms with E-state index < -0.39 is 10.0 Å². The van der Waals surface area contributed by atoms with E-state index in [0.29, 0.717) is 23.4 Å². The van der Waals surface area contributed by atoms with Crippen LogP contribution in [0.5, 0.6) is 0 Å². The van der Waals surface area contributed by atoms with E-state index in [9.17, 15) is 8.42 Å². The van der Waals surface area contributed by atoms with Crippen molar-refractivity contribution in [3.63, 3.8) is 0 Å². The maximum atomic E-state index is 12.8. The molecule has 8 heteroatoms. The maximum absolute atomic E-state index is 12.8. The van der Waals surface area contributed by atoms with Crippen LogP contribution in [0.15, 0.2) is 47.4 Å². The predicted octanol–water partition coefficient (Wildman–Crippen LogP) is 3.89. The summed E-state index contributed by atoms with van der Waals surface area (Å²) in [5.41, 5.74) is 2.86. The van der Waals surface area contributed by atoms with Gasteiger partial charge in [-0.05, 0) is 31.4 Å². The fourth-order valence-electron chi connectivity index (χ4n) is 3.57. The Bertz CT molecular complexity index is 1330. The van der Waals surface area contributed by atoms with Crippen molar-refractivity contribution in [2.75, 3.05) is 6.54 Å². The maximum Gasteiger partial charge on any atom is 0.240 e. The van der Waals surface area contributed by atoms with E-state index in [1.807, 2.05) is 43.3 Å². The van der Waals surface area contributed by atoms with Crippen LogP contribution in [0.4, 0.5) is 0 Å². The van der Waals surface area contributed by atoms with Gasteiger partial charge in [0.25, 0.3) is 0 Å². The molecule has 0 radical (unpaired) electrons. The molecule has 0 unspecified atom stereocenters. The number of aryl methyl sites for hydroxylation is 2. The van der Waals surface area contributed by atoms with Crippen LogP contribution in [0, 0.1) is 6.92 Å². The number of rotatable bonds is 7. The lowest BCUT2D eigenvalue weighted by atomic mass is 10.0. The van der Waals surface area contributed by atoms with Crippen molar-refractivity contribution in [3.05, 3.63) is 53.9 Å². The van der Waals surface area contributed by atoms with Gasteiger partial charge in [-0.1, -0.05) is 50.2 Å². The average Bonchev–Trinajstić information content (AvgIpc) is 3.15. The van der Waals surface area contributed by atoms with Gasteiger partial charge in [0.15, 0.2) is 11.5 Å². The minimum Gasteiger partial charge on any atom is -0.211 e. The Morgan fingerprint density at radius 1 is 1.00 bits per heavy atom. The summed E-state index contributed by atoms with van der Waals surface area (Å²) in [6.07, 6.45) is 2.43. The van der Waals surface area contributed by atoms with Crippen LogP contribution in [0.2, 0.25) is 0 Å². The van der Waals surface area contributed by atoms with Crippen LogP contribution < -0.4 is 4.72 Å². The zero-order valence-electron chi connectivity index (χ0n) is 17.4. The second-order valence-corrected chi connectivity index (χ2v) is 9.11. The number of sulfonamides is 1. The Morgan fingerprint density at radius 2 is 1.77 bits per heavy atom. The van der Waals surface area contributed by atoms with Crippen molar-refractivity contribution in [1.82, 2.24) is 24.5 Å². The van der Waals surface area contributed by atoms with Gasteiger partial charge in [0.1, 0.15) is 0 Å². The molecule has 0 bridgehead atoms. The summed E-state index contributed by atoms with van der Waals surface area (Å²) >= 11 is 0. The van der Waals surface area contributed by atoms with Crippen molar-refractivity contribution in [2.24, 2.45) is 0 Å². The largest absolute Gasteiger partial charge is 0.240 e. The Hall–Kier alpha value is -2.84. The van der Waals surface area contributed by atoms with E-state index in [1.54, 1.807) is 17.5 Å². The second kappa shape index (κ2) is 8.12. The van der Waals surface area contributed by atoms with E-state index in [2.05, 4.69) is 21.8 Å². The number of fused-ring (bicyclic) bond motifs is 3. The zero-order valence-corrected chi connectivity index (χ0v) is 18.2. The first-order valence-corrected chi connectivity index (χ1v) is 11.7. The molecule has 0 spiro atoms. The lowest BCUT2D eigenvalue weighted by Crippen LogP contribution is -2.25. The summed E-state index contributed by atoms with van der Waals surface area (Å²) < 4.78 is 30.1. The molecule has 0 saturated heterocycles. The molecule has 2 heterocycles. The van der Waals surface area contributed by atoms with Gasteiger partial charge in [-0.15, -0.1) is 10.2 Å². The number of benzene rings is 2. The van der Waals surface area contributed by atoms with Crippen LogP contribution in [0.3, 0.4) is 0 Å². The molecule has 4 aromatic rings. The monoisotopic (exact) mass is 423 g/mol. The summed E-state index contributed by atoms with van der Waals surface area (Å²) in [7, 11) is -3.59. The van der Waals surface area contributed by atoms with Crippen molar-refractivity contribution in [3.8, 4) is 11.3 Å². The molecule has 1 N–H and O–H groups in total. The Labute approximate surface area is 176 Å².